The van der Waals surface area contributed by atoms with Gasteiger partial charge in [0, 0.05) is 24.0 Å². The predicted octanol–water partition coefficient (Wildman–Crippen LogP) is 4.19. The Morgan fingerprint density at radius 2 is 2.10 bits per heavy atom. The summed E-state index contributed by atoms with van der Waals surface area (Å²) in [7, 11) is 0. The van der Waals surface area contributed by atoms with Crippen LogP contribution in [0.1, 0.15) is 29.1 Å². The fraction of sp³-hybridized carbons (Fsp3) is 0.357. The van der Waals surface area contributed by atoms with Gasteiger partial charge in [0.25, 0.3) is 0 Å². The van der Waals surface area contributed by atoms with Crippen LogP contribution in [0.3, 0.4) is 0 Å². The van der Waals surface area contributed by atoms with E-state index in [1.807, 2.05) is 0 Å². The van der Waals surface area contributed by atoms with Crippen LogP contribution >= 0.6 is 11.3 Å². The average Bonchev–Trinajstić information content (AvgIpc) is 2.89. The molecule has 0 fully saturated rings. The molecule has 2 rings (SSSR count). The van der Waals surface area contributed by atoms with Crippen molar-refractivity contribution in [1.29, 1.82) is 0 Å². The maximum Gasteiger partial charge on any atom is 0.416 e. The van der Waals surface area contributed by atoms with Gasteiger partial charge in [0.05, 0.1) is 10.6 Å². The number of nitrogens with zero attached hydrogens (tertiary/aromatic N) is 1. The summed E-state index contributed by atoms with van der Waals surface area (Å²) in [6, 6.07) is 1.94. The quantitative estimate of drug-likeness (QED) is 0.836. The molecule has 1 unspecified atom stereocenters. The molecule has 2 nitrogen and oxygen atoms in total. The first-order valence-electron chi connectivity index (χ1n) is 6.40. The highest BCUT2D eigenvalue weighted by atomic mass is 32.1. The van der Waals surface area contributed by atoms with Gasteiger partial charge < -0.3 is 5.32 Å². The van der Waals surface area contributed by atoms with Gasteiger partial charge in [-0.15, -0.1) is 11.3 Å². The van der Waals surface area contributed by atoms with Gasteiger partial charge in [0.2, 0.25) is 0 Å². The topological polar surface area (TPSA) is 24.9 Å². The molecule has 1 N–H and O–H groups in total. The molecule has 0 spiro atoms. The first kappa shape index (κ1) is 15.9. The number of alkyl halides is 3. The molecule has 7 heteroatoms. The Balaban J connectivity index is 2.41. The second kappa shape index (κ2) is 6.53. The molecule has 2 aromatic rings. The molecule has 1 heterocycles. The molecule has 0 saturated heterocycles. The fourth-order valence-corrected chi connectivity index (χ4v) is 2.81. The highest BCUT2D eigenvalue weighted by Gasteiger charge is 2.35. The number of hydrogen-bond acceptors (Lipinski definition) is 3. The summed E-state index contributed by atoms with van der Waals surface area (Å²) in [6.45, 7) is 2.27. The van der Waals surface area contributed by atoms with Crippen molar-refractivity contribution in [3.8, 4) is 0 Å². The molecule has 0 aliphatic carbocycles. The lowest BCUT2D eigenvalue weighted by Gasteiger charge is -2.22. The van der Waals surface area contributed by atoms with E-state index in [0.717, 1.165) is 18.2 Å². The Morgan fingerprint density at radius 1 is 1.33 bits per heavy atom. The molecule has 1 aromatic heterocycles. The Morgan fingerprint density at radius 3 is 2.67 bits per heavy atom. The van der Waals surface area contributed by atoms with Gasteiger partial charge in [0.1, 0.15) is 5.82 Å². The third-order valence-electron chi connectivity index (χ3n) is 3.01. The molecule has 114 valence electrons. The molecule has 0 saturated carbocycles. The van der Waals surface area contributed by atoms with Gasteiger partial charge in [0.15, 0.2) is 0 Å². The zero-order valence-corrected chi connectivity index (χ0v) is 12.1. The Bertz CT molecular complexity index is 581. The van der Waals surface area contributed by atoms with Crippen molar-refractivity contribution in [2.45, 2.75) is 25.6 Å². The normalized spacial score (nSPS) is 13.4. The van der Waals surface area contributed by atoms with Gasteiger partial charge in [-0.25, -0.2) is 9.37 Å². The van der Waals surface area contributed by atoms with Crippen LogP contribution in [0.15, 0.2) is 29.8 Å². The summed E-state index contributed by atoms with van der Waals surface area (Å²) < 4.78 is 52.7. The number of benzene rings is 1. The standard InChI is InChI=1S/C14H14F4N2S/c1-2-19-12(8-13-20-5-6-21-13)10-7-9(15)3-4-11(10)14(16,17)18/h3-7,12,19H,2,8H2,1H3. The number of likely N-dealkylation sites (N-methyl/N-ethyl adjacent to an activating group) is 1. The number of hydrogen-bond donors (Lipinski definition) is 1. The summed E-state index contributed by atoms with van der Waals surface area (Å²) in [5.41, 5.74) is -0.897. The summed E-state index contributed by atoms with van der Waals surface area (Å²) in [5, 5.41) is 5.44. The number of aromatic nitrogens is 1. The minimum absolute atomic E-state index is 0.0837. The minimum atomic E-state index is -4.51. The minimum Gasteiger partial charge on any atom is -0.310 e. The molecule has 0 aliphatic heterocycles. The van der Waals surface area contributed by atoms with Crippen LogP contribution in [-0.4, -0.2) is 11.5 Å². The van der Waals surface area contributed by atoms with Crippen molar-refractivity contribution in [2.75, 3.05) is 6.54 Å². The predicted molar refractivity (Wildman–Crippen MR) is 73.6 cm³/mol. The van der Waals surface area contributed by atoms with Crippen LogP contribution in [0, 0.1) is 5.82 Å². The van der Waals surface area contributed by atoms with Gasteiger partial charge in [-0.05, 0) is 30.3 Å². The maximum atomic E-state index is 13.4. The summed E-state index contributed by atoms with van der Waals surface area (Å²) in [6.07, 6.45) is -2.63. The summed E-state index contributed by atoms with van der Waals surface area (Å²) in [5.74, 6) is -0.681. The Kier molecular flexibility index (Phi) is 4.95. The van der Waals surface area contributed by atoms with E-state index in [4.69, 9.17) is 0 Å². The second-order valence-electron chi connectivity index (χ2n) is 4.47. The van der Waals surface area contributed by atoms with Crippen LogP contribution in [0.2, 0.25) is 0 Å². The summed E-state index contributed by atoms with van der Waals surface area (Å²) >= 11 is 1.36. The number of halogens is 4. The number of thiazole rings is 1. The third-order valence-corrected chi connectivity index (χ3v) is 3.81. The SMILES string of the molecule is CCNC(Cc1nccs1)c1cc(F)ccc1C(F)(F)F. The van der Waals surface area contributed by atoms with E-state index in [9.17, 15) is 17.6 Å². The molecule has 0 bridgehead atoms. The van der Waals surface area contributed by atoms with Gasteiger partial charge in [-0.3, -0.25) is 0 Å². The molecular weight excluding hydrogens is 304 g/mol. The van der Waals surface area contributed by atoms with E-state index in [-0.39, 0.29) is 12.0 Å². The highest BCUT2D eigenvalue weighted by Crippen LogP contribution is 2.36. The van der Waals surface area contributed by atoms with E-state index in [0.29, 0.717) is 11.6 Å². The Hall–Kier alpha value is -1.47. The number of nitrogens with one attached hydrogen (secondary N) is 1. The van der Waals surface area contributed by atoms with Crippen molar-refractivity contribution in [3.63, 3.8) is 0 Å². The molecular formula is C14H14F4N2S. The van der Waals surface area contributed by atoms with Crippen LogP contribution in [0.25, 0.3) is 0 Å². The van der Waals surface area contributed by atoms with Gasteiger partial charge >= 0.3 is 6.18 Å². The lowest BCUT2D eigenvalue weighted by atomic mass is 9.97. The molecule has 21 heavy (non-hydrogen) atoms. The van der Waals surface area contributed by atoms with E-state index >= 15 is 0 Å². The van der Waals surface area contributed by atoms with Crippen molar-refractivity contribution >= 4 is 11.3 Å². The second-order valence-corrected chi connectivity index (χ2v) is 5.45. The average molecular weight is 318 g/mol. The van der Waals surface area contributed by atoms with E-state index in [2.05, 4.69) is 10.3 Å². The van der Waals surface area contributed by atoms with Crippen molar-refractivity contribution in [1.82, 2.24) is 10.3 Å². The first-order chi connectivity index (χ1) is 9.91. The van der Waals surface area contributed by atoms with Gasteiger partial charge in [-0.1, -0.05) is 6.92 Å². The van der Waals surface area contributed by atoms with Crippen molar-refractivity contribution in [2.24, 2.45) is 0 Å². The molecule has 0 radical (unpaired) electrons. The molecule has 1 atom stereocenters. The van der Waals surface area contributed by atoms with Crippen molar-refractivity contribution < 1.29 is 17.6 Å². The third kappa shape index (κ3) is 4.01. The lowest BCUT2D eigenvalue weighted by molar-refractivity contribution is -0.138. The molecule has 1 aromatic carbocycles. The summed E-state index contributed by atoms with van der Waals surface area (Å²) in [4.78, 5) is 4.08. The lowest BCUT2D eigenvalue weighted by Crippen LogP contribution is -2.26. The van der Waals surface area contributed by atoms with Crippen LogP contribution in [0.5, 0.6) is 0 Å². The zero-order valence-electron chi connectivity index (χ0n) is 11.2. The maximum absolute atomic E-state index is 13.4. The fourth-order valence-electron chi connectivity index (χ4n) is 2.15. The zero-order chi connectivity index (χ0) is 15.5. The molecule has 0 aliphatic rings. The van der Waals surface area contributed by atoms with Gasteiger partial charge in [-0.2, -0.15) is 13.2 Å². The van der Waals surface area contributed by atoms with E-state index < -0.39 is 23.6 Å². The van der Waals surface area contributed by atoms with Crippen LogP contribution in [-0.2, 0) is 12.6 Å². The number of rotatable bonds is 5. The monoisotopic (exact) mass is 318 g/mol. The van der Waals surface area contributed by atoms with Crippen molar-refractivity contribution in [3.05, 3.63) is 51.7 Å². The van der Waals surface area contributed by atoms with E-state index in [1.54, 1.807) is 18.5 Å². The largest absolute Gasteiger partial charge is 0.416 e. The van der Waals surface area contributed by atoms with E-state index in [1.165, 1.54) is 11.3 Å². The smallest absolute Gasteiger partial charge is 0.310 e. The highest BCUT2D eigenvalue weighted by molar-refractivity contribution is 7.09. The van der Waals surface area contributed by atoms with Crippen LogP contribution in [0.4, 0.5) is 17.6 Å². The molecule has 0 amide bonds. The van der Waals surface area contributed by atoms with Crippen LogP contribution < -0.4 is 5.32 Å². The Labute approximate surface area is 123 Å². The first-order valence-corrected chi connectivity index (χ1v) is 7.28.